The first kappa shape index (κ1) is 17.1. The van der Waals surface area contributed by atoms with Crippen LogP contribution in [0.25, 0.3) is 0 Å². The number of hydrogen-bond donors (Lipinski definition) is 1. The smallest absolute Gasteiger partial charge is 0.187 e. The summed E-state index contributed by atoms with van der Waals surface area (Å²) in [6, 6.07) is 9.81. The lowest BCUT2D eigenvalue weighted by atomic mass is 9.74. The van der Waals surface area contributed by atoms with E-state index in [0.29, 0.717) is 19.4 Å². The summed E-state index contributed by atoms with van der Waals surface area (Å²) in [5, 5.41) is 11.2. The average molecular weight is 348 g/mol. The maximum Gasteiger partial charge on any atom is 0.187 e. The van der Waals surface area contributed by atoms with Crippen LogP contribution in [0.1, 0.15) is 38.7 Å². The van der Waals surface area contributed by atoms with Gasteiger partial charge < -0.3 is 24.1 Å². The monoisotopic (exact) mass is 348 g/mol. The van der Waals surface area contributed by atoms with Gasteiger partial charge in [0.1, 0.15) is 23.6 Å². The average Bonchev–Trinajstić information content (AvgIpc) is 2.90. The van der Waals surface area contributed by atoms with E-state index in [-0.39, 0.29) is 12.2 Å². The largest absolute Gasteiger partial charge is 0.384 e. The molecule has 2 saturated heterocycles. The third-order valence-electron chi connectivity index (χ3n) is 5.17. The highest BCUT2D eigenvalue weighted by Crippen LogP contribution is 2.47. The molecule has 25 heavy (non-hydrogen) atoms. The molecule has 1 N–H and O–H groups in total. The SMILES string of the molecule is CC1(C)O[C@@H]2[C@@H](OCc3ccccc3)O[C@@H]3CCC(=O)C[C@@]3(O)[C@@H]2O1. The van der Waals surface area contributed by atoms with Gasteiger partial charge in [0.15, 0.2) is 12.1 Å². The Kier molecular flexibility index (Phi) is 4.21. The molecule has 5 atom stereocenters. The molecule has 1 aliphatic carbocycles. The number of benzene rings is 1. The van der Waals surface area contributed by atoms with E-state index in [0.717, 1.165) is 5.56 Å². The van der Waals surface area contributed by atoms with Gasteiger partial charge in [-0.05, 0) is 25.8 Å². The van der Waals surface area contributed by atoms with E-state index in [1.165, 1.54) is 0 Å². The molecule has 4 rings (SSSR count). The van der Waals surface area contributed by atoms with Crippen LogP contribution < -0.4 is 0 Å². The number of fused-ring (bicyclic) bond motifs is 3. The van der Waals surface area contributed by atoms with Crippen molar-refractivity contribution in [1.82, 2.24) is 0 Å². The van der Waals surface area contributed by atoms with Crippen LogP contribution in [-0.2, 0) is 30.3 Å². The normalized spacial score (nSPS) is 39.7. The van der Waals surface area contributed by atoms with E-state index >= 15 is 0 Å². The second-order valence-corrected chi connectivity index (χ2v) is 7.56. The molecule has 1 saturated carbocycles. The Morgan fingerprint density at radius 3 is 2.76 bits per heavy atom. The van der Waals surface area contributed by atoms with Gasteiger partial charge in [-0.3, -0.25) is 4.79 Å². The predicted molar refractivity (Wildman–Crippen MR) is 87.5 cm³/mol. The van der Waals surface area contributed by atoms with E-state index < -0.39 is 36.0 Å². The molecule has 3 aliphatic rings. The molecular formula is C19H24O6. The van der Waals surface area contributed by atoms with Crippen molar-refractivity contribution < 1.29 is 28.8 Å². The lowest BCUT2D eigenvalue weighted by molar-refractivity contribution is -0.311. The number of carbonyl (C=O) groups excluding carboxylic acids is 1. The number of carbonyl (C=O) groups is 1. The fourth-order valence-corrected chi connectivity index (χ4v) is 4.03. The van der Waals surface area contributed by atoms with Crippen LogP contribution in [0.15, 0.2) is 30.3 Å². The van der Waals surface area contributed by atoms with Crippen LogP contribution in [0.4, 0.5) is 0 Å². The standard InChI is InChI=1S/C19H24O6/c1-18(2)24-15-16(25-18)19(21)10-13(20)8-9-14(19)23-17(15)22-11-12-6-4-3-5-7-12/h3-7,14-17,21H,8-11H2,1-2H3/t14-,15+,16-,17+,19+/m1/s1. The summed E-state index contributed by atoms with van der Waals surface area (Å²) in [4.78, 5) is 11.9. The Morgan fingerprint density at radius 1 is 1.24 bits per heavy atom. The Bertz CT molecular complexity index is 645. The van der Waals surface area contributed by atoms with Crippen molar-refractivity contribution in [2.24, 2.45) is 0 Å². The number of rotatable bonds is 3. The van der Waals surface area contributed by atoms with Gasteiger partial charge in [-0.1, -0.05) is 30.3 Å². The predicted octanol–water partition coefficient (Wildman–Crippen LogP) is 1.93. The summed E-state index contributed by atoms with van der Waals surface area (Å²) in [5.74, 6) is -0.837. The van der Waals surface area contributed by atoms with Crippen molar-refractivity contribution in [3.63, 3.8) is 0 Å². The van der Waals surface area contributed by atoms with E-state index in [2.05, 4.69) is 0 Å². The second-order valence-electron chi connectivity index (χ2n) is 7.56. The van der Waals surface area contributed by atoms with Crippen LogP contribution in [-0.4, -0.2) is 46.9 Å². The maximum absolute atomic E-state index is 11.9. The molecule has 6 nitrogen and oxygen atoms in total. The Labute approximate surface area is 147 Å². The van der Waals surface area contributed by atoms with E-state index in [9.17, 15) is 9.90 Å². The van der Waals surface area contributed by atoms with Gasteiger partial charge in [0.2, 0.25) is 0 Å². The molecule has 2 heterocycles. The first-order valence-corrected chi connectivity index (χ1v) is 8.78. The second kappa shape index (κ2) is 6.14. The first-order valence-electron chi connectivity index (χ1n) is 8.78. The molecule has 1 aromatic rings. The van der Waals surface area contributed by atoms with Gasteiger partial charge in [0.25, 0.3) is 0 Å². The molecule has 0 spiro atoms. The quantitative estimate of drug-likeness (QED) is 0.900. The minimum atomic E-state index is -1.36. The zero-order valence-corrected chi connectivity index (χ0v) is 14.5. The zero-order valence-electron chi connectivity index (χ0n) is 14.5. The van der Waals surface area contributed by atoms with Crippen LogP contribution in [0, 0.1) is 0 Å². The summed E-state index contributed by atoms with van der Waals surface area (Å²) >= 11 is 0. The summed E-state index contributed by atoms with van der Waals surface area (Å²) in [5.41, 5.74) is -0.333. The van der Waals surface area contributed by atoms with E-state index in [4.69, 9.17) is 18.9 Å². The molecule has 6 heteroatoms. The maximum atomic E-state index is 11.9. The highest BCUT2D eigenvalue weighted by molar-refractivity contribution is 5.80. The lowest BCUT2D eigenvalue weighted by Gasteiger charge is -2.49. The highest BCUT2D eigenvalue weighted by Gasteiger charge is 2.64. The van der Waals surface area contributed by atoms with Gasteiger partial charge in [0, 0.05) is 12.8 Å². The van der Waals surface area contributed by atoms with E-state index in [1.807, 2.05) is 30.3 Å². The van der Waals surface area contributed by atoms with Crippen molar-refractivity contribution in [3.05, 3.63) is 35.9 Å². The third kappa shape index (κ3) is 3.13. The molecule has 0 unspecified atom stereocenters. The zero-order chi connectivity index (χ0) is 17.7. The van der Waals surface area contributed by atoms with Crippen molar-refractivity contribution in [2.75, 3.05) is 0 Å². The Balaban J connectivity index is 1.56. The van der Waals surface area contributed by atoms with Gasteiger partial charge in [-0.2, -0.15) is 0 Å². The lowest BCUT2D eigenvalue weighted by Crippen LogP contribution is -2.67. The molecule has 0 amide bonds. The van der Waals surface area contributed by atoms with Crippen LogP contribution in [0.2, 0.25) is 0 Å². The Hall–Kier alpha value is -1.31. The molecule has 0 radical (unpaired) electrons. The molecule has 0 bridgehead atoms. The summed E-state index contributed by atoms with van der Waals surface area (Å²) in [6.07, 6.45) is -1.47. The summed E-state index contributed by atoms with van der Waals surface area (Å²) in [6.45, 7) is 3.97. The summed E-state index contributed by atoms with van der Waals surface area (Å²) in [7, 11) is 0. The first-order chi connectivity index (χ1) is 11.9. The molecule has 3 fully saturated rings. The van der Waals surface area contributed by atoms with Gasteiger partial charge in [0.05, 0.1) is 12.7 Å². The van der Waals surface area contributed by atoms with Crippen LogP contribution in [0.3, 0.4) is 0 Å². The van der Waals surface area contributed by atoms with Crippen molar-refractivity contribution >= 4 is 5.78 Å². The minimum Gasteiger partial charge on any atom is -0.384 e. The van der Waals surface area contributed by atoms with Crippen LogP contribution >= 0.6 is 0 Å². The molecule has 1 aromatic carbocycles. The highest BCUT2D eigenvalue weighted by atomic mass is 16.8. The Morgan fingerprint density at radius 2 is 2.00 bits per heavy atom. The molecule has 136 valence electrons. The minimum absolute atomic E-state index is 0.0260. The summed E-state index contributed by atoms with van der Waals surface area (Å²) < 4.78 is 23.9. The van der Waals surface area contributed by atoms with Crippen LogP contribution in [0.5, 0.6) is 0 Å². The molecular weight excluding hydrogens is 324 g/mol. The van der Waals surface area contributed by atoms with Gasteiger partial charge in [-0.25, -0.2) is 0 Å². The van der Waals surface area contributed by atoms with Crippen molar-refractivity contribution in [3.8, 4) is 0 Å². The van der Waals surface area contributed by atoms with Gasteiger partial charge in [-0.15, -0.1) is 0 Å². The number of hydrogen-bond acceptors (Lipinski definition) is 6. The number of Topliss-reactive ketones (excluding diaryl/α,β-unsaturated/α-hetero) is 1. The number of aliphatic hydroxyl groups is 1. The van der Waals surface area contributed by atoms with E-state index in [1.54, 1.807) is 13.8 Å². The number of ketones is 1. The molecule has 2 aliphatic heterocycles. The fourth-order valence-electron chi connectivity index (χ4n) is 4.03. The number of ether oxygens (including phenoxy) is 4. The fraction of sp³-hybridized carbons (Fsp3) is 0.632. The third-order valence-corrected chi connectivity index (χ3v) is 5.17. The van der Waals surface area contributed by atoms with Gasteiger partial charge >= 0.3 is 0 Å². The topological polar surface area (TPSA) is 74.2 Å². The van der Waals surface area contributed by atoms with Crippen molar-refractivity contribution in [1.29, 1.82) is 0 Å². The van der Waals surface area contributed by atoms with Crippen molar-refractivity contribution in [2.45, 2.75) is 75.7 Å². The molecule has 0 aromatic heterocycles.